The SMILES string of the molecule is CC(C)CN1CC(C)CNC(CO)C1. The molecule has 0 aliphatic carbocycles. The van der Waals surface area contributed by atoms with Crippen molar-refractivity contribution in [3.05, 3.63) is 0 Å². The van der Waals surface area contributed by atoms with E-state index in [-0.39, 0.29) is 12.6 Å². The highest BCUT2D eigenvalue weighted by atomic mass is 16.3. The zero-order valence-electron chi connectivity index (χ0n) is 9.66. The quantitative estimate of drug-likeness (QED) is 0.698. The zero-order chi connectivity index (χ0) is 10.6. The van der Waals surface area contributed by atoms with E-state index in [1.54, 1.807) is 0 Å². The molecule has 0 bridgehead atoms. The summed E-state index contributed by atoms with van der Waals surface area (Å²) in [6, 6.07) is 0.263. The van der Waals surface area contributed by atoms with E-state index >= 15 is 0 Å². The molecule has 0 saturated carbocycles. The van der Waals surface area contributed by atoms with E-state index in [2.05, 4.69) is 31.0 Å². The van der Waals surface area contributed by atoms with Crippen LogP contribution in [0.5, 0.6) is 0 Å². The van der Waals surface area contributed by atoms with Crippen molar-refractivity contribution in [2.24, 2.45) is 11.8 Å². The number of aliphatic hydroxyl groups excluding tert-OH is 1. The second-order valence-corrected chi connectivity index (χ2v) is 5.01. The fraction of sp³-hybridized carbons (Fsp3) is 1.00. The maximum Gasteiger partial charge on any atom is 0.0597 e. The van der Waals surface area contributed by atoms with Crippen LogP contribution >= 0.6 is 0 Å². The van der Waals surface area contributed by atoms with Crippen LogP contribution in [0.25, 0.3) is 0 Å². The molecule has 0 amide bonds. The predicted molar refractivity (Wildman–Crippen MR) is 59.3 cm³/mol. The number of hydrogen-bond acceptors (Lipinski definition) is 3. The summed E-state index contributed by atoms with van der Waals surface area (Å²) in [5.74, 6) is 1.39. The molecule has 0 aromatic carbocycles. The molecule has 2 atom stereocenters. The number of nitrogens with one attached hydrogen (secondary N) is 1. The van der Waals surface area contributed by atoms with Gasteiger partial charge in [0.25, 0.3) is 0 Å². The first-order valence-corrected chi connectivity index (χ1v) is 5.68. The molecule has 2 unspecified atom stereocenters. The van der Waals surface area contributed by atoms with E-state index in [9.17, 15) is 0 Å². The second-order valence-electron chi connectivity index (χ2n) is 5.01. The number of aliphatic hydroxyl groups is 1. The Morgan fingerprint density at radius 3 is 2.71 bits per heavy atom. The Morgan fingerprint density at radius 2 is 2.14 bits per heavy atom. The van der Waals surface area contributed by atoms with Gasteiger partial charge < -0.3 is 15.3 Å². The van der Waals surface area contributed by atoms with Crippen LogP contribution < -0.4 is 5.32 Å². The Morgan fingerprint density at radius 1 is 1.43 bits per heavy atom. The lowest BCUT2D eigenvalue weighted by molar-refractivity contribution is 0.185. The van der Waals surface area contributed by atoms with Gasteiger partial charge in [-0.25, -0.2) is 0 Å². The van der Waals surface area contributed by atoms with Crippen molar-refractivity contribution in [3.8, 4) is 0 Å². The van der Waals surface area contributed by atoms with Gasteiger partial charge in [0, 0.05) is 25.7 Å². The van der Waals surface area contributed by atoms with Crippen molar-refractivity contribution in [2.75, 3.05) is 32.8 Å². The Kier molecular flexibility index (Phi) is 4.85. The van der Waals surface area contributed by atoms with Crippen LogP contribution in [0.4, 0.5) is 0 Å². The molecule has 2 N–H and O–H groups in total. The number of rotatable bonds is 3. The molecule has 84 valence electrons. The average molecular weight is 200 g/mol. The summed E-state index contributed by atoms with van der Waals surface area (Å²) < 4.78 is 0. The molecule has 1 rings (SSSR count). The third-order valence-electron chi connectivity index (χ3n) is 2.65. The molecule has 1 fully saturated rings. The topological polar surface area (TPSA) is 35.5 Å². The van der Waals surface area contributed by atoms with Crippen LogP contribution in [0, 0.1) is 11.8 Å². The third-order valence-corrected chi connectivity index (χ3v) is 2.65. The lowest BCUT2D eigenvalue weighted by Gasteiger charge is -2.25. The standard InChI is InChI=1S/C11H24N2O/c1-9(2)5-13-6-10(3)4-12-11(7-13)8-14/h9-12,14H,4-8H2,1-3H3. The van der Waals surface area contributed by atoms with Gasteiger partial charge in [-0.3, -0.25) is 0 Å². The monoisotopic (exact) mass is 200 g/mol. The van der Waals surface area contributed by atoms with Gasteiger partial charge in [0.15, 0.2) is 0 Å². The molecule has 1 aliphatic rings. The van der Waals surface area contributed by atoms with Gasteiger partial charge in [0.1, 0.15) is 0 Å². The van der Waals surface area contributed by atoms with Crippen LogP contribution in [-0.2, 0) is 0 Å². The van der Waals surface area contributed by atoms with Crippen LogP contribution in [0.1, 0.15) is 20.8 Å². The molecule has 3 nitrogen and oxygen atoms in total. The maximum atomic E-state index is 9.17. The lowest BCUT2D eigenvalue weighted by atomic mass is 10.1. The van der Waals surface area contributed by atoms with Gasteiger partial charge in [-0.1, -0.05) is 20.8 Å². The minimum absolute atomic E-state index is 0.251. The molecular formula is C11H24N2O. The molecule has 1 aliphatic heterocycles. The van der Waals surface area contributed by atoms with Gasteiger partial charge in [0.2, 0.25) is 0 Å². The molecule has 0 spiro atoms. The molecule has 1 saturated heterocycles. The summed E-state index contributed by atoms with van der Waals surface area (Å²) in [6.07, 6.45) is 0. The highest BCUT2D eigenvalue weighted by Crippen LogP contribution is 2.08. The van der Waals surface area contributed by atoms with Crippen molar-refractivity contribution in [2.45, 2.75) is 26.8 Å². The Bertz CT molecular complexity index is 161. The summed E-state index contributed by atoms with van der Waals surface area (Å²) in [5, 5.41) is 12.6. The normalized spacial score (nSPS) is 30.6. The third kappa shape index (κ3) is 3.95. The lowest BCUT2D eigenvalue weighted by Crippen LogP contribution is -2.41. The Labute approximate surface area is 87.5 Å². The fourth-order valence-corrected chi connectivity index (χ4v) is 2.11. The summed E-state index contributed by atoms with van der Waals surface area (Å²) in [7, 11) is 0. The van der Waals surface area contributed by atoms with Gasteiger partial charge in [-0.15, -0.1) is 0 Å². The van der Waals surface area contributed by atoms with Crippen molar-refractivity contribution in [1.29, 1.82) is 0 Å². The first-order chi connectivity index (χ1) is 6.61. The Hall–Kier alpha value is -0.120. The fourth-order valence-electron chi connectivity index (χ4n) is 2.11. The van der Waals surface area contributed by atoms with E-state index in [1.807, 2.05) is 0 Å². The van der Waals surface area contributed by atoms with E-state index < -0.39 is 0 Å². The first-order valence-electron chi connectivity index (χ1n) is 5.68. The molecule has 0 radical (unpaired) electrons. The van der Waals surface area contributed by atoms with Gasteiger partial charge in [-0.2, -0.15) is 0 Å². The maximum absolute atomic E-state index is 9.17. The minimum Gasteiger partial charge on any atom is -0.395 e. The van der Waals surface area contributed by atoms with E-state index in [1.165, 1.54) is 0 Å². The number of nitrogens with zero attached hydrogens (tertiary/aromatic N) is 1. The van der Waals surface area contributed by atoms with Gasteiger partial charge >= 0.3 is 0 Å². The molecule has 1 heterocycles. The molecule has 14 heavy (non-hydrogen) atoms. The van der Waals surface area contributed by atoms with Crippen molar-refractivity contribution >= 4 is 0 Å². The van der Waals surface area contributed by atoms with Crippen molar-refractivity contribution in [3.63, 3.8) is 0 Å². The summed E-state index contributed by atoms with van der Waals surface area (Å²) in [6.45, 7) is 11.3. The number of hydrogen-bond donors (Lipinski definition) is 2. The van der Waals surface area contributed by atoms with Crippen LogP contribution in [0.15, 0.2) is 0 Å². The summed E-state index contributed by atoms with van der Waals surface area (Å²) >= 11 is 0. The van der Waals surface area contributed by atoms with Gasteiger partial charge in [-0.05, 0) is 18.4 Å². The molecule has 0 aromatic rings. The minimum atomic E-state index is 0.251. The Balaban J connectivity index is 2.46. The van der Waals surface area contributed by atoms with Crippen LogP contribution in [0.2, 0.25) is 0 Å². The largest absolute Gasteiger partial charge is 0.395 e. The molecule has 3 heteroatoms. The highest BCUT2D eigenvalue weighted by Gasteiger charge is 2.20. The summed E-state index contributed by atoms with van der Waals surface area (Å²) in [5.41, 5.74) is 0. The second kappa shape index (κ2) is 5.69. The molecule has 0 aromatic heterocycles. The van der Waals surface area contributed by atoms with Gasteiger partial charge in [0.05, 0.1) is 6.61 Å². The first kappa shape index (κ1) is 12.0. The summed E-state index contributed by atoms with van der Waals surface area (Å²) in [4.78, 5) is 2.47. The average Bonchev–Trinajstić information content (AvgIpc) is 2.26. The molecular weight excluding hydrogens is 176 g/mol. The van der Waals surface area contributed by atoms with Crippen LogP contribution in [-0.4, -0.2) is 48.8 Å². The smallest absolute Gasteiger partial charge is 0.0597 e. The van der Waals surface area contributed by atoms with E-state index in [4.69, 9.17) is 5.11 Å². The van der Waals surface area contributed by atoms with Crippen LogP contribution in [0.3, 0.4) is 0 Å². The predicted octanol–water partition coefficient (Wildman–Crippen LogP) is 0.545. The zero-order valence-corrected chi connectivity index (χ0v) is 9.66. The van der Waals surface area contributed by atoms with E-state index in [0.29, 0.717) is 11.8 Å². The van der Waals surface area contributed by atoms with E-state index in [0.717, 1.165) is 26.2 Å². The van der Waals surface area contributed by atoms with Crippen molar-refractivity contribution in [1.82, 2.24) is 10.2 Å². The van der Waals surface area contributed by atoms with Crippen molar-refractivity contribution < 1.29 is 5.11 Å². The highest BCUT2D eigenvalue weighted by molar-refractivity contribution is 4.79.